The van der Waals surface area contributed by atoms with Crippen LogP contribution in [0.5, 0.6) is 0 Å². The molecule has 0 bridgehead atoms. The Kier molecular flexibility index (Phi) is 4.82. The zero-order chi connectivity index (χ0) is 16.3. The van der Waals surface area contributed by atoms with Crippen LogP contribution in [0.1, 0.15) is 23.2 Å². The summed E-state index contributed by atoms with van der Waals surface area (Å²) < 4.78 is 0. The molecule has 0 atom stereocenters. The van der Waals surface area contributed by atoms with Crippen LogP contribution in [-0.4, -0.2) is 74.1 Å². The average Bonchev–Trinajstić information content (AvgIpc) is 3.34. The molecule has 1 aliphatic carbocycles. The number of nitrogens with zero attached hydrogens (tertiary/aromatic N) is 3. The van der Waals surface area contributed by atoms with Crippen LogP contribution in [0.4, 0.5) is 5.82 Å². The van der Waals surface area contributed by atoms with E-state index < -0.39 is 0 Å². The minimum atomic E-state index is -0.0930. The molecule has 1 saturated carbocycles. The van der Waals surface area contributed by atoms with Crippen LogP contribution in [0, 0.1) is 5.41 Å². The second-order valence-electron chi connectivity index (χ2n) is 6.91. The molecule has 3 rings (SSSR count). The molecule has 1 aromatic heterocycles. The fourth-order valence-corrected chi connectivity index (χ4v) is 3.18. The molecular formula is C17H27N5O. The molecule has 0 unspecified atom stereocenters. The fraction of sp³-hybridized carbons (Fsp3) is 0.647. The van der Waals surface area contributed by atoms with Crippen molar-refractivity contribution >= 4 is 11.7 Å². The van der Waals surface area contributed by atoms with Gasteiger partial charge in [0, 0.05) is 57.9 Å². The second kappa shape index (κ2) is 6.84. The molecule has 0 spiro atoms. The summed E-state index contributed by atoms with van der Waals surface area (Å²) in [6, 6.07) is 3.61. The SMILES string of the molecule is CNC(=O)c1cccnc1NCC1(CN2CCN(C)CC2)CC1. The smallest absolute Gasteiger partial charge is 0.254 e. The monoisotopic (exact) mass is 317 g/mol. The summed E-state index contributed by atoms with van der Waals surface area (Å²) in [6.45, 7) is 6.67. The molecule has 0 aromatic carbocycles. The topological polar surface area (TPSA) is 60.5 Å². The van der Waals surface area contributed by atoms with E-state index in [1.54, 1.807) is 19.3 Å². The third-order valence-electron chi connectivity index (χ3n) is 5.02. The van der Waals surface area contributed by atoms with Gasteiger partial charge < -0.3 is 20.4 Å². The zero-order valence-corrected chi connectivity index (χ0v) is 14.1. The summed E-state index contributed by atoms with van der Waals surface area (Å²) >= 11 is 0. The highest BCUT2D eigenvalue weighted by Crippen LogP contribution is 2.46. The Labute approximate surface area is 138 Å². The van der Waals surface area contributed by atoms with Gasteiger partial charge in [-0.15, -0.1) is 0 Å². The van der Waals surface area contributed by atoms with E-state index in [1.165, 1.54) is 12.8 Å². The number of pyridine rings is 1. The largest absolute Gasteiger partial charge is 0.369 e. The van der Waals surface area contributed by atoms with Crippen LogP contribution in [0.2, 0.25) is 0 Å². The Bertz CT molecular complexity index is 550. The number of rotatable bonds is 6. The van der Waals surface area contributed by atoms with Gasteiger partial charge >= 0.3 is 0 Å². The van der Waals surface area contributed by atoms with Crippen LogP contribution in [-0.2, 0) is 0 Å². The van der Waals surface area contributed by atoms with Crippen molar-refractivity contribution in [3.8, 4) is 0 Å². The predicted octanol–water partition coefficient (Wildman–Crippen LogP) is 0.881. The number of anilines is 1. The summed E-state index contributed by atoms with van der Waals surface area (Å²) in [5.41, 5.74) is 0.971. The van der Waals surface area contributed by atoms with Gasteiger partial charge in [-0.1, -0.05) is 0 Å². The van der Waals surface area contributed by atoms with Gasteiger partial charge in [0.15, 0.2) is 0 Å². The summed E-state index contributed by atoms with van der Waals surface area (Å²) in [5.74, 6) is 0.598. The molecule has 23 heavy (non-hydrogen) atoms. The van der Waals surface area contributed by atoms with E-state index in [0.717, 1.165) is 39.3 Å². The van der Waals surface area contributed by atoms with E-state index in [2.05, 4.69) is 32.5 Å². The molecule has 1 aromatic rings. The number of nitrogens with one attached hydrogen (secondary N) is 2. The van der Waals surface area contributed by atoms with Crippen molar-refractivity contribution in [1.82, 2.24) is 20.1 Å². The molecule has 126 valence electrons. The normalized spacial score (nSPS) is 21.0. The van der Waals surface area contributed by atoms with Crippen LogP contribution in [0.25, 0.3) is 0 Å². The van der Waals surface area contributed by atoms with Crippen molar-refractivity contribution in [2.24, 2.45) is 5.41 Å². The Morgan fingerprint density at radius 2 is 2.04 bits per heavy atom. The van der Waals surface area contributed by atoms with E-state index in [9.17, 15) is 4.79 Å². The fourth-order valence-electron chi connectivity index (χ4n) is 3.18. The first-order valence-corrected chi connectivity index (χ1v) is 8.44. The maximum atomic E-state index is 11.9. The standard InChI is InChI=1S/C17H27N5O/c1-18-16(23)14-4-3-7-19-15(14)20-12-17(5-6-17)13-22-10-8-21(2)9-11-22/h3-4,7H,5-6,8-13H2,1-2H3,(H,18,23)(H,19,20). The lowest BCUT2D eigenvalue weighted by Gasteiger charge is -2.35. The Hall–Kier alpha value is -1.66. The minimum Gasteiger partial charge on any atom is -0.369 e. The van der Waals surface area contributed by atoms with Gasteiger partial charge in [0.05, 0.1) is 5.56 Å². The van der Waals surface area contributed by atoms with Crippen LogP contribution >= 0.6 is 0 Å². The predicted molar refractivity (Wildman–Crippen MR) is 91.7 cm³/mol. The first-order valence-electron chi connectivity index (χ1n) is 8.44. The van der Waals surface area contributed by atoms with Crippen molar-refractivity contribution in [2.75, 3.05) is 58.7 Å². The lowest BCUT2D eigenvalue weighted by atomic mass is 10.1. The summed E-state index contributed by atoms with van der Waals surface area (Å²) in [5, 5.41) is 6.09. The molecule has 2 fully saturated rings. The van der Waals surface area contributed by atoms with E-state index in [-0.39, 0.29) is 5.91 Å². The van der Waals surface area contributed by atoms with Crippen molar-refractivity contribution in [3.63, 3.8) is 0 Å². The van der Waals surface area contributed by atoms with Crippen molar-refractivity contribution in [1.29, 1.82) is 0 Å². The van der Waals surface area contributed by atoms with E-state index in [0.29, 0.717) is 16.8 Å². The van der Waals surface area contributed by atoms with Crippen molar-refractivity contribution in [2.45, 2.75) is 12.8 Å². The van der Waals surface area contributed by atoms with Crippen LogP contribution < -0.4 is 10.6 Å². The lowest BCUT2D eigenvalue weighted by Crippen LogP contribution is -2.47. The Morgan fingerprint density at radius 3 is 2.70 bits per heavy atom. The number of carbonyl (C=O) groups is 1. The molecule has 2 N–H and O–H groups in total. The quantitative estimate of drug-likeness (QED) is 0.816. The van der Waals surface area contributed by atoms with Gasteiger partial charge in [0.1, 0.15) is 5.82 Å². The maximum Gasteiger partial charge on any atom is 0.254 e. The number of piperazine rings is 1. The Balaban J connectivity index is 1.57. The molecule has 1 aliphatic heterocycles. The third kappa shape index (κ3) is 4.00. The molecule has 2 aliphatic rings. The lowest BCUT2D eigenvalue weighted by molar-refractivity contribution is 0.0963. The number of hydrogen-bond donors (Lipinski definition) is 2. The van der Waals surface area contributed by atoms with E-state index >= 15 is 0 Å². The Morgan fingerprint density at radius 1 is 1.30 bits per heavy atom. The number of aromatic nitrogens is 1. The van der Waals surface area contributed by atoms with Gasteiger partial charge in [-0.3, -0.25) is 4.79 Å². The zero-order valence-electron chi connectivity index (χ0n) is 14.1. The molecule has 1 saturated heterocycles. The molecule has 2 heterocycles. The molecule has 6 heteroatoms. The van der Waals surface area contributed by atoms with E-state index in [1.807, 2.05) is 6.07 Å². The molecule has 0 radical (unpaired) electrons. The highest BCUT2D eigenvalue weighted by atomic mass is 16.1. The van der Waals surface area contributed by atoms with Gasteiger partial charge in [-0.2, -0.15) is 0 Å². The van der Waals surface area contributed by atoms with Crippen LogP contribution in [0.15, 0.2) is 18.3 Å². The van der Waals surface area contributed by atoms with Gasteiger partial charge in [-0.25, -0.2) is 4.98 Å². The second-order valence-corrected chi connectivity index (χ2v) is 6.91. The maximum absolute atomic E-state index is 11.9. The molecule has 1 amide bonds. The number of hydrogen-bond acceptors (Lipinski definition) is 5. The number of amides is 1. The van der Waals surface area contributed by atoms with Crippen molar-refractivity contribution in [3.05, 3.63) is 23.9 Å². The third-order valence-corrected chi connectivity index (χ3v) is 5.02. The van der Waals surface area contributed by atoms with Gasteiger partial charge in [0.25, 0.3) is 5.91 Å². The summed E-state index contributed by atoms with van der Waals surface area (Å²) in [4.78, 5) is 21.2. The highest BCUT2D eigenvalue weighted by molar-refractivity contribution is 5.98. The number of likely N-dealkylation sites (N-methyl/N-ethyl adjacent to an activating group) is 1. The average molecular weight is 317 g/mol. The first kappa shape index (κ1) is 16.2. The molecule has 6 nitrogen and oxygen atoms in total. The summed E-state index contributed by atoms with van der Waals surface area (Å²) in [6.07, 6.45) is 4.25. The number of carbonyl (C=O) groups excluding carboxylic acids is 1. The van der Waals surface area contributed by atoms with E-state index in [4.69, 9.17) is 0 Å². The summed E-state index contributed by atoms with van der Waals surface area (Å²) in [7, 11) is 3.84. The highest BCUT2D eigenvalue weighted by Gasteiger charge is 2.44. The van der Waals surface area contributed by atoms with Gasteiger partial charge in [-0.05, 0) is 32.0 Å². The minimum absolute atomic E-state index is 0.0930. The molecular weight excluding hydrogens is 290 g/mol. The first-order chi connectivity index (χ1) is 11.1. The van der Waals surface area contributed by atoms with Gasteiger partial charge in [0.2, 0.25) is 0 Å². The van der Waals surface area contributed by atoms with Crippen LogP contribution in [0.3, 0.4) is 0 Å². The van der Waals surface area contributed by atoms with Crippen molar-refractivity contribution < 1.29 is 4.79 Å².